The minimum absolute atomic E-state index is 0.225. The Labute approximate surface area is 121 Å². The Bertz CT molecular complexity index is 908. The Morgan fingerprint density at radius 2 is 2.00 bits per heavy atom. The molecular formula is C14H10ClF3N2O. The zero-order valence-corrected chi connectivity index (χ0v) is 11.6. The second-order valence-electron chi connectivity index (χ2n) is 4.89. The van der Waals surface area contributed by atoms with Gasteiger partial charge < -0.3 is 9.55 Å². The SMILES string of the molecule is Cc1cc2c3c(Cl)cc(=O)[nH]c3ccc2n1CC(F)(F)F. The van der Waals surface area contributed by atoms with E-state index in [1.54, 1.807) is 25.1 Å². The van der Waals surface area contributed by atoms with Gasteiger partial charge in [0.2, 0.25) is 5.56 Å². The van der Waals surface area contributed by atoms with Crippen LogP contribution in [0.3, 0.4) is 0 Å². The van der Waals surface area contributed by atoms with Gasteiger partial charge in [-0.3, -0.25) is 4.79 Å². The topological polar surface area (TPSA) is 37.8 Å². The number of benzene rings is 1. The first-order valence-electron chi connectivity index (χ1n) is 6.14. The minimum Gasteiger partial charge on any atom is -0.336 e. The second-order valence-corrected chi connectivity index (χ2v) is 5.30. The average Bonchev–Trinajstić information content (AvgIpc) is 2.63. The number of H-pyrrole nitrogens is 1. The quantitative estimate of drug-likeness (QED) is 0.724. The third-order valence-electron chi connectivity index (χ3n) is 3.38. The van der Waals surface area contributed by atoms with Crippen molar-refractivity contribution < 1.29 is 13.2 Å². The first kappa shape index (κ1) is 14.0. The number of pyridine rings is 1. The molecule has 3 rings (SSSR count). The first-order chi connectivity index (χ1) is 9.76. The number of hydrogen-bond donors (Lipinski definition) is 1. The third-order valence-corrected chi connectivity index (χ3v) is 3.68. The lowest BCUT2D eigenvalue weighted by atomic mass is 10.1. The molecule has 1 aromatic carbocycles. The van der Waals surface area contributed by atoms with Crippen molar-refractivity contribution in [3.63, 3.8) is 0 Å². The van der Waals surface area contributed by atoms with Crippen molar-refractivity contribution in [1.29, 1.82) is 0 Å². The molecule has 2 aromatic heterocycles. The van der Waals surface area contributed by atoms with Crippen molar-refractivity contribution in [3.05, 3.63) is 45.3 Å². The van der Waals surface area contributed by atoms with Crippen molar-refractivity contribution in [1.82, 2.24) is 9.55 Å². The Kier molecular flexibility index (Phi) is 3.02. The number of nitrogens with zero attached hydrogens (tertiary/aromatic N) is 1. The summed E-state index contributed by atoms with van der Waals surface area (Å²) in [5.41, 5.74) is 1.07. The van der Waals surface area contributed by atoms with Crippen LogP contribution in [0.5, 0.6) is 0 Å². The Balaban J connectivity index is 2.38. The smallest absolute Gasteiger partial charge is 0.336 e. The lowest BCUT2D eigenvalue weighted by Gasteiger charge is -2.11. The van der Waals surface area contributed by atoms with Gasteiger partial charge in [0.1, 0.15) is 6.54 Å². The Morgan fingerprint density at radius 3 is 2.67 bits per heavy atom. The third kappa shape index (κ3) is 2.40. The maximum absolute atomic E-state index is 12.7. The molecule has 0 unspecified atom stereocenters. The monoisotopic (exact) mass is 314 g/mol. The van der Waals surface area contributed by atoms with E-state index in [1.807, 2.05) is 0 Å². The largest absolute Gasteiger partial charge is 0.406 e. The number of rotatable bonds is 1. The number of nitrogens with one attached hydrogen (secondary N) is 1. The molecule has 0 saturated heterocycles. The molecule has 0 amide bonds. The standard InChI is InChI=1S/C14H10ClF3N2O/c1-7-4-8-11(20(7)6-14(16,17)18)3-2-10-13(8)9(15)5-12(21)19-10/h2-5H,6H2,1H3,(H,19,21). The molecule has 0 aliphatic rings. The maximum Gasteiger partial charge on any atom is 0.406 e. The highest BCUT2D eigenvalue weighted by Gasteiger charge is 2.29. The molecule has 21 heavy (non-hydrogen) atoms. The van der Waals surface area contributed by atoms with Crippen LogP contribution < -0.4 is 5.56 Å². The molecule has 3 aromatic rings. The van der Waals surface area contributed by atoms with Gasteiger partial charge in [-0.25, -0.2) is 0 Å². The van der Waals surface area contributed by atoms with E-state index in [-0.39, 0.29) is 10.6 Å². The van der Waals surface area contributed by atoms with Crippen LogP contribution in [0.25, 0.3) is 21.8 Å². The summed E-state index contributed by atoms with van der Waals surface area (Å²) < 4.78 is 39.2. The van der Waals surface area contributed by atoms with Crippen molar-refractivity contribution in [3.8, 4) is 0 Å². The van der Waals surface area contributed by atoms with Crippen molar-refractivity contribution in [2.45, 2.75) is 19.6 Å². The van der Waals surface area contributed by atoms with Crippen molar-refractivity contribution >= 4 is 33.4 Å². The fourth-order valence-corrected chi connectivity index (χ4v) is 2.88. The van der Waals surface area contributed by atoms with Gasteiger partial charge in [0.05, 0.1) is 10.5 Å². The number of aromatic nitrogens is 2. The lowest BCUT2D eigenvalue weighted by Crippen LogP contribution is -2.18. The number of fused-ring (bicyclic) bond motifs is 3. The molecular weight excluding hydrogens is 305 g/mol. The van der Waals surface area contributed by atoms with Crippen LogP contribution in [-0.2, 0) is 6.54 Å². The molecule has 110 valence electrons. The van der Waals surface area contributed by atoms with Gasteiger partial charge in [-0.2, -0.15) is 13.2 Å². The fraction of sp³-hybridized carbons (Fsp3) is 0.214. The fourth-order valence-electron chi connectivity index (χ4n) is 2.57. The lowest BCUT2D eigenvalue weighted by molar-refractivity contribution is -0.140. The van der Waals surface area contributed by atoms with Crippen LogP contribution in [0, 0.1) is 6.92 Å². The van der Waals surface area contributed by atoms with Gasteiger partial charge in [0, 0.05) is 28.0 Å². The van der Waals surface area contributed by atoms with Crippen molar-refractivity contribution in [2.75, 3.05) is 0 Å². The van der Waals surface area contributed by atoms with E-state index in [0.717, 1.165) is 0 Å². The van der Waals surface area contributed by atoms with Crippen LogP contribution in [0.15, 0.2) is 29.1 Å². The molecule has 0 saturated carbocycles. The number of aryl methyl sites for hydroxylation is 1. The molecule has 3 nitrogen and oxygen atoms in total. The van der Waals surface area contributed by atoms with E-state index in [4.69, 9.17) is 11.6 Å². The van der Waals surface area contributed by atoms with Crippen LogP contribution in [-0.4, -0.2) is 15.7 Å². The zero-order valence-electron chi connectivity index (χ0n) is 10.9. The number of alkyl halides is 3. The molecule has 2 heterocycles. The summed E-state index contributed by atoms with van der Waals surface area (Å²) >= 11 is 6.08. The van der Waals surface area contributed by atoms with Gasteiger partial charge in [-0.1, -0.05) is 11.6 Å². The minimum atomic E-state index is -4.31. The molecule has 0 aliphatic carbocycles. The predicted molar refractivity (Wildman–Crippen MR) is 75.9 cm³/mol. The average molecular weight is 315 g/mol. The van der Waals surface area contributed by atoms with E-state index in [2.05, 4.69) is 4.98 Å². The maximum atomic E-state index is 12.7. The Hall–Kier alpha value is -1.95. The summed E-state index contributed by atoms with van der Waals surface area (Å²) in [6.07, 6.45) is -4.31. The summed E-state index contributed by atoms with van der Waals surface area (Å²) in [5.74, 6) is 0. The normalized spacial score (nSPS) is 12.4. The highest BCUT2D eigenvalue weighted by atomic mass is 35.5. The zero-order chi connectivity index (χ0) is 15.4. The second kappa shape index (κ2) is 4.53. The summed E-state index contributed by atoms with van der Waals surface area (Å²) in [5, 5.41) is 1.37. The summed E-state index contributed by atoms with van der Waals surface area (Å²) in [4.78, 5) is 14.0. The number of halogens is 4. The van der Waals surface area contributed by atoms with Gasteiger partial charge in [0.25, 0.3) is 0 Å². The summed E-state index contributed by atoms with van der Waals surface area (Å²) in [6, 6.07) is 5.99. The predicted octanol–water partition coefficient (Wildman–Crippen LogP) is 4.01. The molecule has 0 fully saturated rings. The highest BCUT2D eigenvalue weighted by Crippen LogP contribution is 2.32. The molecule has 0 aliphatic heterocycles. The van der Waals surface area contributed by atoms with Crippen LogP contribution in [0.1, 0.15) is 5.69 Å². The van der Waals surface area contributed by atoms with Crippen LogP contribution in [0.4, 0.5) is 13.2 Å². The molecule has 7 heteroatoms. The molecule has 0 radical (unpaired) electrons. The van der Waals surface area contributed by atoms with Crippen molar-refractivity contribution in [2.24, 2.45) is 0 Å². The van der Waals surface area contributed by atoms with Gasteiger partial charge >= 0.3 is 6.18 Å². The van der Waals surface area contributed by atoms with E-state index < -0.39 is 12.7 Å². The molecule has 0 bridgehead atoms. The first-order valence-corrected chi connectivity index (χ1v) is 6.52. The molecule has 0 atom stereocenters. The molecule has 1 N–H and O–H groups in total. The molecule has 0 spiro atoms. The number of aromatic amines is 1. The van der Waals surface area contributed by atoms with E-state index >= 15 is 0 Å². The highest BCUT2D eigenvalue weighted by molar-refractivity contribution is 6.37. The van der Waals surface area contributed by atoms with E-state index in [1.165, 1.54) is 10.6 Å². The van der Waals surface area contributed by atoms with Gasteiger partial charge in [0.15, 0.2) is 0 Å². The van der Waals surface area contributed by atoms with Crippen LogP contribution >= 0.6 is 11.6 Å². The van der Waals surface area contributed by atoms with E-state index in [9.17, 15) is 18.0 Å². The summed E-state index contributed by atoms with van der Waals surface area (Å²) in [6.45, 7) is 0.548. The van der Waals surface area contributed by atoms with Gasteiger partial charge in [-0.05, 0) is 25.1 Å². The number of hydrogen-bond acceptors (Lipinski definition) is 1. The van der Waals surface area contributed by atoms with Crippen LogP contribution in [0.2, 0.25) is 5.02 Å². The Morgan fingerprint density at radius 1 is 1.29 bits per heavy atom. The van der Waals surface area contributed by atoms with E-state index in [0.29, 0.717) is 27.5 Å². The summed E-state index contributed by atoms with van der Waals surface area (Å²) in [7, 11) is 0. The van der Waals surface area contributed by atoms with Gasteiger partial charge in [-0.15, -0.1) is 0 Å².